The van der Waals surface area contributed by atoms with Gasteiger partial charge in [0.25, 0.3) is 0 Å². The molecular weight excluding hydrogens is 328 g/mol. The van der Waals surface area contributed by atoms with E-state index in [0.29, 0.717) is 25.6 Å². The van der Waals surface area contributed by atoms with Crippen molar-refractivity contribution in [1.82, 2.24) is 10.2 Å². The zero-order chi connectivity index (χ0) is 19.3. The van der Waals surface area contributed by atoms with Crippen LogP contribution in [0.4, 0.5) is 4.79 Å². The Morgan fingerprint density at radius 3 is 2.46 bits per heavy atom. The zero-order valence-electron chi connectivity index (χ0n) is 16.7. The predicted molar refractivity (Wildman–Crippen MR) is 103 cm³/mol. The molecule has 1 heterocycles. The number of ether oxygens (including phenoxy) is 1. The van der Waals surface area contributed by atoms with Crippen molar-refractivity contribution in [1.29, 1.82) is 0 Å². The van der Waals surface area contributed by atoms with Crippen molar-refractivity contribution in [3.05, 3.63) is 35.4 Å². The molecule has 1 fully saturated rings. The number of hydrogen-bond donors (Lipinski definition) is 1. The van der Waals surface area contributed by atoms with Crippen LogP contribution in [0.25, 0.3) is 0 Å². The third-order valence-corrected chi connectivity index (χ3v) is 4.56. The van der Waals surface area contributed by atoms with E-state index in [4.69, 9.17) is 4.74 Å². The minimum Gasteiger partial charge on any atom is -0.444 e. The van der Waals surface area contributed by atoms with Gasteiger partial charge >= 0.3 is 6.09 Å². The van der Waals surface area contributed by atoms with Crippen LogP contribution in [0.3, 0.4) is 0 Å². The highest BCUT2D eigenvalue weighted by Crippen LogP contribution is 2.20. The van der Waals surface area contributed by atoms with Crippen LogP contribution in [-0.4, -0.2) is 35.6 Å². The van der Waals surface area contributed by atoms with Crippen LogP contribution < -0.4 is 5.32 Å². The van der Waals surface area contributed by atoms with Crippen molar-refractivity contribution < 1.29 is 14.3 Å². The molecule has 0 aliphatic carbocycles. The van der Waals surface area contributed by atoms with Gasteiger partial charge in [-0.1, -0.05) is 38.1 Å². The number of amides is 2. The van der Waals surface area contributed by atoms with Crippen LogP contribution in [0.15, 0.2) is 24.3 Å². The molecule has 0 spiro atoms. The summed E-state index contributed by atoms with van der Waals surface area (Å²) in [5, 5.41) is 3.01. The van der Waals surface area contributed by atoms with Crippen molar-refractivity contribution in [3.63, 3.8) is 0 Å². The summed E-state index contributed by atoms with van der Waals surface area (Å²) in [6.07, 6.45) is 1.29. The average Bonchev–Trinajstić information content (AvgIpc) is 2.58. The van der Waals surface area contributed by atoms with Gasteiger partial charge in [-0.25, -0.2) is 4.79 Å². The van der Waals surface area contributed by atoms with E-state index >= 15 is 0 Å². The second-order valence-electron chi connectivity index (χ2n) is 8.38. The average molecular weight is 360 g/mol. The van der Waals surface area contributed by atoms with Gasteiger partial charge < -0.3 is 15.0 Å². The van der Waals surface area contributed by atoms with Gasteiger partial charge in [-0.2, -0.15) is 0 Å². The van der Waals surface area contributed by atoms with Crippen molar-refractivity contribution in [2.45, 2.75) is 65.5 Å². The van der Waals surface area contributed by atoms with Crippen LogP contribution in [-0.2, 0) is 16.1 Å². The topological polar surface area (TPSA) is 58.6 Å². The van der Waals surface area contributed by atoms with Gasteiger partial charge in [-0.15, -0.1) is 0 Å². The fraction of sp³-hybridized carbons (Fsp3) is 0.619. The molecule has 0 unspecified atom stereocenters. The summed E-state index contributed by atoms with van der Waals surface area (Å²) < 4.78 is 5.42. The van der Waals surface area contributed by atoms with Crippen molar-refractivity contribution in [2.75, 3.05) is 13.1 Å². The summed E-state index contributed by atoms with van der Waals surface area (Å²) in [4.78, 5) is 26.4. The van der Waals surface area contributed by atoms with E-state index in [2.05, 4.69) is 43.4 Å². The molecule has 1 atom stereocenters. The first-order valence-corrected chi connectivity index (χ1v) is 9.50. The number of likely N-dealkylation sites (tertiary alicyclic amines) is 1. The lowest BCUT2D eigenvalue weighted by Crippen LogP contribution is -2.46. The van der Waals surface area contributed by atoms with Crippen LogP contribution in [0.1, 0.15) is 64.5 Å². The number of nitrogens with one attached hydrogen (secondary N) is 1. The Hall–Kier alpha value is -2.04. The molecule has 5 nitrogen and oxygen atoms in total. The first-order valence-electron chi connectivity index (χ1n) is 9.50. The summed E-state index contributed by atoms with van der Waals surface area (Å²) in [5.41, 5.74) is 1.86. The smallest absolute Gasteiger partial charge is 0.410 e. The molecule has 144 valence electrons. The number of piperidine rings is 1. The summed E-state index contributed by atoms with van der Waals surface area (Å²) in [6, 6.07) is 8.33. The molecule has 5 heteroatoms. The van der Waals surface area contributed by atoms with Crippen LogP contribution in [0.5, 0.6) is 0 Å². The molecule has 0 radical (unpaired) electrons. The quantitative estimate of drug-likeness (QED) is 0.880. The Morgan fingerprint density at radius 2 is 1.88 bits per heavy atom. The largest absolute Gasteiger partial charge is 0.444 e. The maximum absolute atomic E-state index is 12.5. The van der Waals surface area contributed by atoms with E-state index in [1.54, 1.807) is 4.90 Å². The van der Waals surface area contributed by atoms with E-state index in [-0.39, 0.29) is 17.9 Å². The summed E-state index contributed by atoms with van der Waals surface area (Å²) in [7, 11) is 0. The number of hydrogen-bond acceptors (Lipinski definition) is 3. The summed E-state index contributed by atoms with van der Waals surface area (Å²) >= 11 is 0. The minimum atomic E-state index is -0.519. The molecule has 1 aliphatic rings. The lowest BCUT2D eigenvalue weighted by atomic mass is 9.97. The van der Waals surface area contributed by atoms with E-state index in [1.165, 1.54) is 5.56 Å². The Bertz CT molecular complexity index is 617. The fourth-order valence-electron chi connectivity index (χ4n) is 3.04. The van der Waals surface area contributed by atoms with E-state index in [9.17, 15) is 9.59 Å². The molecule has 1 aromatic rings. The molecule has 1 aromatic carbocycles. The maximum atomic E-state index is 12.5. The third kappa shape index (κ3) is 6.04. The number of rotatable bonds is 4. The SMILES string of the molecule is CC(C)c1ccc(CNC(=O)[C@H]2CCCN(C(=O)OC(C)(C)C)C2)cc1. The van der Waals surface area contributed by atoms with Crippen LogP contribution in [0, 0.1) is 5.92 Å². The van der Waals surface area contributed by atoms with Crippen LogP contribution in [0.2, 0.25) is 0 Å². The van der Waals surface area contributed by atoms with Crippen molar-refractivity contribution in [3.8, 4) is 0 Å². The lowest BCUT2D eigenvalue weighted by Gasteiger charge is -2.33. The van der Waals surface area contributed by atoms with Gasteiger partial charge in [0.1, 0.15) is 5.60 Å². The lowest BCUT2D eigenvalue weighted by molar-refractivity contribution is -0.126. The minimum absolute atomic E-state index is 0.00574. The van der Waals surface area contributed by atoms with Gasteiger partial charge in [0.15, 0.2) is 0 Å². The number of benzene rings is 1. The molecular formula is C21H32N2O3. The summed E-state index contributed by atoms with van der Waals surface area (Å²) in [5.74, 6) is 0.331. The molecule has 1 saturated heterocycles. The summed E-state index contributed by atoms with van der Waals surface area (Å²) in [6.45, 7) is 11.5. The van der Waals surface area contributed by atoms with Gasteiger partial charge in [0.2, 0.25) is 5.91 Å². The number of carbonyl (C=O) groups excluding carboxylic acids is 2. The third-order valence-electron chi connectivity index (χ3n) is 4.56. The van der Waals surface area contributed by atoms with Gasteiger partial charge in [-0.05, 0) is 50.7 Å². The Balaban J connectivity index is 1.85. The first-order chi connectivity index (χ1) is 12.2. The normalized spacial score (nSPS) is 17.9. The number of carbonyl (C=O) groups is 2. The van der Waals surface area contributed by atoms with E-state index in [1.807, 2.05) is 20.8 Å². The molecule has 0 saturated carbocycles. The molecule has 0 bridgehead atoms. The predicted octanol–water partition coefficient (Wildman–Crippen LogP) is 4.07. The highest BCUT2D eigenvalue weighted by Gasteiger charge is 2.30. The Morgan fingerprint density at radius 1 is 1.23 bits per heavy atom. The van der Waals surface area contributed by atoms with Crippen molar-refractivity contribution in [2.24, 2.45) is 5.92 Å². The van der Waals surface area contributed by atoms with Crippen LogP contribution >= 0.6 is 0 Å². The van der Waals surface area contributed by atoms with Gasteiger partial charge in [0, 0.05) is 19.6 Å². The van der Waals surface area contributed by atoms with E-state index in [0.717, 1.165) is 18.4 Å². The molecule has 0 aromatic heterocycles. The Kier molecular flexibility index (Phi) is 6.68. The second kappa shape index (κ2) is 8.56. The van der Waals surface area contributed by atoms with E-state index < -0.39 is 5.60 Å². The van der Waals surface area contributed by atoms with Gasteiger partial charge in [0.05, 0.1) is 5.92 Å². The molecule has 2 amide bonds. The second-order valence-corrected chi connectivity index (χ2v) is 8.38. The molecule has 2 rings (SSSR count). The highest BCUT2D eigenvalue weighted by molar-refractivity contribution is 5.80. The standard InChI is InChI=1S/C21H32N2O3/c1-15(2)17-10-8-16(9-11-17)13-22-19(24)18-7-6-12-23(14-18)20(25)26-21(3,4)5/h8-11,15,18H,6-7,12-14H2,1-5H3,(H,22,24)/t18-/m0/s1. The van der Waals surface area contributed by atoms with Crippen molar-refractivity contribution >= 4 is 12.0 Å². The Labute approximate surface area is 157 Å². The molecule has 26 heavy (non-hydrogen) atoms. The highest BCUT2D eigenvalue weighted by atomic mass is 16.6. The molecule has 1 N–H and O–H groups in total. The first kappa shape index (κ1) is 20.3. The molecule has 1 aliphatic heterocycles. The maximum Gasteiger partial charge on any atom is 0.410 e. The zero-order valence-corrected chi connectivity index (χ0v) is 16.7. The number of nitrogens with zero attached hydrogens (tertiary/aromatic N) is 1. The van der Waals surface area contributed by atoms with Gasteiger partial charge in [-0.3, -0.25) is 4.79 Å². The fourth-order valence-corrected chi connectivity index (χ4v) is 3.04. The monoisotopic (exact) mass is 360 g/mol.